The Morgan fingerprint density at radius 3 is 2.34 bits per heavy atom. The minimum Gasteiger partial charge on any atom is -0.496 e. The van der Waals surface area contributed by atoms with Crippen LogP contribution in [-0.2, 0) is 6.61 Å². The third-order valence-corrected chi connectivity index (χ3v) is 5.96. The minimum absolute atomic E-state index is 0.00569. The summed E-state index contributed by atoms with van der Waals surface area (Å²) in [6.07, 6.45) is 0. The number of hydrogen-bond donors (Lipinski definition) is 0. The van der Waals surface area contributed by atoms with Crippen molar-refractivity contribution in [3.8, 4) is 11.5 Å². The number of carbonyl (C=O) groups is 1. The van der Waals surface area contributed by atoms with Gasteiger partial charge in [-0.2, -0.15) is 0 Å². The summed E-state index contributed by atoms with van der Waals surface area (Å²) >= 11 is 12.0. The van der Waals surface area contributed by atoms with Crippen LogP contribution in [0.25, 0.3) is 0 Å². The molecule has 3 aromatic carbocycles. The topological polar surface area (TPSA) is 42.0 Å². The monoisotopic (exact) mass is 470 g/mol. The molecule has 1 fully saturated rings. The first-order valence-corrected chi connectivity index (χ1v) is 11.1. The molecule has 0 spiro atoms. The van der Waals surface area contributed by atoms with Gasteiger partial charge >= 0.3 is 0 Å². The molecule has 0 atom stereocenters. The van der Waals surface area contributed by atoms with Crippen molar-refractivity contribution in [3.63, 3.8) is 0 Å². The molecule has 1 heterocycles. The summed E-state index contributed by atoms with van der Waals surface area (Å²) < 4.78 is 11.3. The third-order valence-electron chi connectivity index (χ3n) is 5.48. The fourth-order valence-electron chi connectivity index (χ4n) is 3.74. The van der Waals surface area contributed by atoms with Gasteiger partial charge in [0.15, 0.2) is 0 Å². The van der Waals surface area contributed by atoms with E-state index >= 15 is 0 Å². The molecule has 0 bridgehead atoms. The minimum atomic E-state index is 0.00569. The second kappa shape index (κ2) is 10.2. The van der Waals surface area contributed by atoms with Gasteiger partial charge < -0.3 is 19.3 Å². The van der Waals surface area contributed by atoms with Gasteiger partial charge in [-0.15, -0.1) is 0 Å². The van der Waals surface area contributed by atoms with Gasteiger partial charge in [0.2, 0.25) is 0 Å². The third kappa shape index (κ3) is 5.29. The van der Waals surface area contributed by atoms with Crippen LogP contribution in [-0.4, -0.2) is 44.1 Å². The van der Waals surface area contributed by atoms with Gasteiger partial charge in [0.25, 0.3) is 5.91 Å². The lowest BCUT2D eigenvalue weighted by atomic mass is 10.1. The van der Waals surface area contributed by atoms with E-state index in [2.05, 4.69) is 4.90 Å². The molecule has 1 aliphatic heterocycles. The van der Waals surface area contributed by atoms with Crippen LogP contribution in [0.15, 0.2) is 66.7 Å². The highest BCUT2D eigenvalue weighted by Gasteiger charge is 2.23. The van der Waals surface area contributed by atoms with Crippen molar-refractivity contribution in [1.82, 2.24) is 4.90 Å². The number of piperazine rings is 1. The average molecular weight is 471 g/mol. The molecule has 0 radical (unpaired) electrons. The number of amides is 1. The molecule has 0 saturated carbocycles. The van der Waals surface area contributed by atoms with Crippen LogP contribution < -0.4 is 14.4 Å². The summed E-state index contributed by atoms with van der Waals surface area (Å²) in [5, 5.41) is 1.37. The molecule has 4 rings (SSSR count). The molecular formula is C25H24Cl2N2O3. The van der Waals surface area contributed by atoms with Crippen molar-refractivity contribution < 1.29 is 14.3 Å². The van der Waals surface area contributed by atoms with Gasteiger partial charge in [0.05, 0.1) is 7.11 Å². The predicted octanol–water partition coefficient (Wildman–Crippen LogP) is 5.54. The lowest BCUT2D eigenvalue weighted by molar-refractivity contribution is 0.0746. The number of halogens is 2. The number of ether oxygens (including phenoxy) is 2. The zero-order chi connectivity index (χ0) is 22.5. The van der Waals surface area contributed by atoms with Crippen LogP contribution in [0.3, 0.4) is 0 Å². The molecule has 7 heteroatoms. The van der Waals surface area contributed by atoms with Crippen molar-refractivity contribution in [1.29, 1.82) is 0 Å². The maximum atomic E-state index is 13.2. The van der Waals surface area contributed by atoms with Crippen LogP contribution in [0.2, 0.25) is 10.0 Å². The molecular weight excluding hydrogens is 447 g/mol. The standard InChI is InChI=1S/C25H24Cl2N2O3/c1-31-24-10-5-18(15-19(24)17-32-23-8-6-20(26)7-9-23)25(30)29-13-11-28(12-14-29)22-4-2-3-21(27)16-22/h2-10,15-16H,11-14,17H2,1H3. The van der Waals surface area contributed by atoms with Crippen molar-refractivity contribution in [2.75, 3.05) is 38.2 Å². The Labute approximate surface area is 198 Å². The van der Waals surface area contributed by atoms with Crippen LogP contribution in [0.5, 0.6) is 11.5 Å². The summed E-state index contributed by atoms with van der Waals surface area (Å²) in [6.45, 7) is 3.10. The van der Waals surface area contributed by atoms with E-state index in [1.807, 2.05) is 53.4 Å². The molecule has 0 N–H and O–H groups in total. The van der Waals surface area contributed by atoms with Crippen molar-refractivity contribution in [3.05, 3.63) is 87.9 Å². The summed E-state index contributed by atoms with van der Waals surface area (Å²) in [7, 11) is 1.61. The van der Waals surface area contributed by atoms with Gasteiger partial charge in [-0.1, -0.05) is 29.3 Å². The number of benzene rings is 3. The first-order chi connectivity index (χ1) is 15.5. The number of carbonyl (C=O) groups excluding carboxylic acids is 1. The number of hydrogen-bond acceptors (Lipinski definition) is 4. The fourth-order valence-corrected chi connectivity index (χ4v) is 4.05. The second-order valence-electron chi connectivity index (χ2n) is 7.53. The lowest BCUT2D eigenvalue weighted by Crippen LogP contribution is -2.48. The Hall–Kier alpha value is -2.89. The molecule has 1 saturated heterocycles. The van der Waals surface area contributed by atoms with E-state index < -0.39 is 0 Å². The normalized spacial score (nSPS) is 13.7. The molecule has 0 aliphatic carbocycles. The van der Waals surface area contributed by atoms with E-state index in [1.54, 1.807) is 25.3 Å². The summed E-state index contributed by atoms with van der Waals surface area (Å²) in [5.74, 6) is 1.39. The first-order valence-electron chi connectivity index (χ1n) is 10.4. The van der Waals surface area contributed by atoms with Crippen molar-refractivity contribution in [2.24, 2.45) is 0 Å². The Morgan fingerprint density at radius 2 is 1.66 bits per heavy atom. The van der Waals surface area contributed by atoms with E-state index in [0.29, 0.717) is 40.2 Å². The van der Waals surface area contributed by atoms with Crippen molar-refractivity contribution in [2.45, 2.75) is 6.61 Å². The highest BCUT2D eigenvalue weighted by Crippen LogP contribution is 2.25. The van der Waals surface area contributed by atoms with Crippen LogP contribution >= 0.6 is 23.2 Å². The maximum absolute atomic E-state index is 13.2. The van der Waals surface area contributed by atoms with Gasteiger partial charge in [-0.25, -0.2) is 0 Å². The molecule has 1 aliphatic rings. The lowest BCUT2D eigenvalue weighted by Gasteiger charge is -2.36. The summed E-state index contributed by atoms with van der Waals surface area (Å²) in [4.78, 5) is 17.3. The molecule has 32 heavy (non-hydrogen) atoms. The van der Waals surface area contributed by atoms with Crippen LogP contribution in [0.4, 0.5) is 5.69 Å². The molecule has 166 valence electrons. The zero-order valence-corrected chi connectivity index (χ0v) is 19.3. The first kappa shape index (κ1) is 22.3. The maximum Gasteiger partial charge on any atom is 0.253 e. The highest BCUT2D eigenvalue weighted by atomic mass is 35.5. The smallest absolute Gasteiger partial charge is 0.253 e. The van der Waals surface area contributed by atoms with Crippen LogP contribution in [0, 0.1) is 0 Å². The summed E-state index contributed by atoms with van der Waals surface area (Å²) in [5.41, 5.74) is 2.51. The van der Waals surface area contributed by atoms with E-state index in [0.717, 1.165) is 24.3 Å². The van der Waals surface area contributed by atoms with E-state index in [9.17, 15) is 4.79 Å². The molecule has 0 unspecified atom stereocenters. The predicted molar refractivity (Wildman–Crippen MR) is 128 cm³/mol. The Bertz CT molecular complexity index is 1080. The average Bonchev–Trinajstić information content (AvgIpc) is 2.83. The fraction of sp³-hybridized carbons (Fsp3) is 0.240. The van der Waals surface area contributed by atoms with Gasteiger partial charge in [0, 0.05) is 53.0 Å². The van der Waals surface area contributed by atoms with E-state index in [-0.39, 0.29) is 12.5 Å². The molecule has 3 aromatic rings. The summed E-state index contributed by atoms with van der Waals surface area (Å²) in [6, 6.07) is 20.4. The van der Waals surface area contributed by atoms with Gasteiger partial charge in [0.1, 0.15) is 18.1 Å². The largest absolute Gasteiger partial charge is 0.496 e. The van der Waals surface area contributed by atoms with Gasteiger partial charge in [-0.3, -0.25) is 4.79 Å². The number of nitrogens with zero attached hydrogens (tertiary/aromatic N) is 2. The van der Waals surface area contributed by atoms with Crippen LogP contribution in [0.1, 0.15) is 15.9 Å². The molecule has 1 amide bonds. The Balaban J connectivity index is 1.42. The zero-order valence-electron chi connectivity index (χ0n) is 17.8. The molecule has 5 nitrogen and oxygen atoms in total. The Kier molecular flexibility index (Phi) is 7.08. The highest BCUT2D eigenvalue weighted by molar-refractivity contribution is 6.31. The molecule has 0 aromatic heterocycles. The van der Waals surface area contributed by atoms with Crippen molar-refractivity contribution >= 4 is 34.8 Å². The van der Waals surface area contributed by atoms with E-state index in [1.165, 1.54) is 0 Å². The Morgan fingerprint density at radius 1 is 0.906 bits per heavy atom. The SMILES string of the molecule is COc1ccc(C(=O)N2CCN(c3cccc(Cl)c3)CC2)cc1COc1ccc(Cl)cc1. The van der Waals surface area contributed by atoms with Gasteiger partial charge in [-0.05, 0) is 60.7 Å². The quantitative estimate of drug-likeness (QED) is 0.473. The number of methoxy groups -OCH3 is 1. The number of rotatable bonds is 6. The second-order valence-corrected chi connectivity index (χ2v) is 8.40. The number of anilines is 1. The van der Waals surface area contributed by atoms with E-state index in [4.69, 9.17) is 32.7 Å².